The number of nitrogens with one attached hydrogen (secondary N) is 2. The molecule has 0 radical (unpaired) electrons. The lowest BCUT2D eigenvalue weighted by Crippen LogP contribution is -2.51. The molecule has 194 valence electrons. The average Bonchev–Trinajstić information content (AvgIpc) is 3.45. The number of likely N-dealkylation sites (tertiary alicyclic amines) is 1. The van der Waals surface area contributed by atoms with Gasteiger partial charge in [0.2, 0.25) is 11.8 Å². The molecule has 4 heterocycles. The molecule has 0 bridgehead atoms. The number of methoxy groups -OCH3 is 1. The SMILES string of the molecule is COc1cc(-c2cc(C(=O)N3CC[C@H](C(=O)N[C@H](C)c4ncc(F)cc4Cl)CC34CC4)n[nH]2)c(F)cn1. The molecule has 1 saturated carbocycles. The van der Waals surface area contributed by atoms with Gasteiger partial charge in [-0.2, -0.15) is 5.10 Å². The van der Waals surface area contributed by atoms with Crippen molar-refractivity contribution in [2.45, 2.75) is 44.2 Å². The van der Waals surface area contributed by atoms with Crippen molar-refractivity contribution in [3.63, 3.8) is 0 Å². The van der Waals surface area contributed by atoms with Crippen molar-refractivity contribution >= 4 is 23.4 Å². The fourth-order valence-electron chi connectivity index (χ4n) is 4.94. The number of rotatable bonds is 6. The van der Waals surface area contributed by atoms with Crippen molar-refractivity contribution < 1.29 is 23.1 Å². The van der Waals surface area contributed by atoms with Gasteiger partial charge in [-0.3, -0.25) is 19.7 Å². The predicted octanol–water partition coefficient (Wildman–Crippen LogP) is 4.07. The summed E-state index contributed by atoms with van der Waals surface area (Å²) in [6, 6.07) is 3.61. The van der Waals surface area contributed by atoms with E-state index in [0.717, 1.165) is 31.3 Å². The number of carbonyl (C=O) groups is 2. The summed E-state index contributed by atoms with van der Waals surface area (Å²) in [5, 5.41) is 9.93. The highest BCUT2D eigenvalue weighted by Crippen LogP contribution is 2.50. The van der Waals surface area contributed by atoms with Gasteiger partial charge in [0.25, 0.3) is 5.91 Å². The lowest BCUT2D eigenvalue weighted by atomic mass is 9.87. The number of aromatic amines is 1. The molecule has 1 aliphatic heterocycles. The number of piperidine rings is 1. The topological polar surface area (TPSA) is 113 Å². The summed E-state index contributed by atoms with van der Waals surface area (Å²) in [5.41, 5.74) is 0.687. The first-order chi connectivity index (χ1) is 17.7. The summed E-state index contributed by atoms with van der Waals surface area (Å²) in [6.45, 7) is 2.13. The Balaban J connectivity index is 1.26. The largest absolute Gasteiger partial charge is 0.481 e. The van der Waals surface area contributed by atoms with Crippen molar-refractivity contribution in [3.05, 3.63) is 58.6 Å². The van der Waals surface area contributed by atoms with Crippen LogP contribution in [0.3, 0.4) is 0 Å². The Hall–Kier alpha value is -3.60. The molecule has 2 atom stereocenters. The lowest BCUT2D eigenvalue weighted by Gasteiger charge is -2.39. The van der Waals surface area contributed by atoms with Gasteiger partial charge in [-0.05, 0) is 44.7 Å². The van der Waals surface area contributed by atoms with Crippen molar-refractivity contribution in [1.82, 2.24) is 30.4 Å². The Morgan fingerprint density at radius 2 is 2.03 bits per heavy atom. The molecule has 3 aromatic rings. The lowest BCUT2D eigenvalue weighted by molar-refractivity contribution is -0.128. The van der Waals surface area contributed by atoms with Crippen molar-refractivity contribution in [3.8, 4) is 17.1 Å². The van der Waals surface area contributed by atoms with Gasteiger partial charge in [-0.1, -0.05) is 11.6 Å². The van der Waals surface area contributed by atoms with E-state index in [1.807, 2.05) is 0 Å². The number of amides is 2. The highest BCUT2D eigenvalue weighted by atomic mass is 35.5. The van der Waals surface area contributed by atoms with E-state index in [4.69, 9.17) is 16.3 Å². The van der Waals surface area contributed by atoms with Crippen LogP contribution in [-0.4, -0.2) is 56.1 Å². The van der Waals surface area contributed by atoms with Crippen LogP contribution < -0.4 is 10.1 Å². The van der Waals surface area contributed by atoms with Crippen LogP contribution in [0.25, 0.3) is 11.3 Å². The van der Waals surface area contributed by atoms with Gasteiger partial charge < -0.3 is 15.0 Å². The Kier molecular flexibility index (Phi) is 6.57. The molecule has 2 amide bonds. The van der Waals surface area contributed by atoms with E-state index in [1.54, 1.807) is 11.8 Å². The molecule has 9 nitrogen and oxygen atoms in total. The third-order valence-corrected chi connectivity index (χ3v) is 7.38. The first-order valence-corrected chi connectivity index (χ1v) is 12.3. The van der Waals surface area contributed by atoms with E-state index in [0.29, 0.717) is 30.8 Å². The maximum absolute atomic E-state index is 14.3. The zero-order valence-electron chi connectivity index (χ0n) is 20.2. The second-order valence-corrected chi connectivity index (χ2v) is 9.90. The smallest absolute Gasteiger partial charge is 0.274 e. The minimum Gasteiger partial charge on any atom is -0.481 e. The Morgan fingerprint density at radius 1 is 1.24 bits per heavy atom. The molecular weight excluding hydrogens is 506 g/mol. The molecule has 1 spiro atoms. The maximum Gasteiger partial charge on any atom is 0.274 e. The van der Waals surface area contributed by atoms with Crippen LogP contribution in [0.15, 0.2) is 30.6 Å². The fourth-order valence-corrected chi connectivity index (χ4v) is 5.26. The second kappa shape index (κ2) is 9.70. The van der Waals surface area contributed by atoms with Crippen LogP contribution in [0.5, 0.6) is 5.88 Å². The third-order valence-electron chi connectivity index (χ3n) is 7.07. The van der Waals surface area contributed by atoms with E-state index < -0.39 is 23.2 Å². The van der Waals surface area contributed by atoms with E-state index in [1.165, 1.54) is 19.2 Å². The summed E-state index contributed by atoms with van der Waals surface area (Å²) in [5.74, 6) is -1.59. The molecule has 0 aromatic carbocycles. The molecule has 2 N–H and O–H groups in total. The number of nitrogens with zero attached hydrogens (tertiary/aromatic N) is 4. The molecule has 5 rings (SSSR count). The zero-order valence-corrected chi connectivity index (χ0v) is 21.0. The maximum atomic E-state index is 14.3. The Bertz CT molecular complexity index is 1360. The van der Waals surface area contributed by atoms with Gasteiger partial charge in [-0.25, -0.2) is 13.8 Å². The summed E-state index contributed by atoms with van der Waals surface area (Å²) in [6.07, 6.45) is 4.69. The number of aromatic nitrogens is 4. The molecule has 2 fully saturated rings. The van der Waals surface area contributed by atoms with Gasteiger partial charge in [0.05, 0.1) is 42.0 Å². The van der Waals surface area contributed by atoms with E-state index in [2.05, 4.69) is 25.5 Å². The summed E-state index contributed by atoms with van der Waals surface area (Å²) >= 11 is 6.09. The van der Waals surface area contributed by atoms with Crippen molar-refractivity contribution in [2.24, 2.45) is 5.92 Å². The molecular formula is C25H25ClF2N6O3. The number of hydrogen-bond acceptors (Lipinski definition) is 6. The van der Waals surface area contributed by atoms with Crippen LogP contribution in [0.4, 0.5) is 8.78 Å². The number of H-pyrrole nitrogens is 1. The molecule has 2 aliphatic rings. The summed E-state index contributed by atoms with van der Waals surface area (Å²) in [4.78, 5) is 36.0. The minimum atomic E-state index is -0.569. The van der Waals surface area contributed by atoms with Crippen molar-refractivity contribution in [1.29, 1.82) is 0 Å². The van der Waals surface area contributed by atoms with Crippen LogP contribution in [-0.2, 0) is 4.79 Å². The average molecular weight is 531 g/mol. The zero-order chi connectivity index (χ0) is 26.3. The third kappa shape index (κ3) is 4.87. The number of halogens is 3. The number of pyridine rings is 2. The minimum absolute atomic E-state index is 0.148. The van der Waals surface area contributed by atoms with E-state index in [-0.39, 0.29) is 39.9 Å². The number of hydrogen-bond donors (Lipinski definition) is 2. The van der Waals surface area contributed by atoms with Crippen LogP contribution in [0.2, 0.25) is 5.02 Å². The first-order valence-electron chi connectivity index (χ1n) is 11.9. The van der Waals surface area contributed by atoms with Gasteiger partial charge in [0, 0.05) is 29.6 Å². The quantitative estimate of drug-likeness (QED) is 0.497. The predicted molar refractivity (Wildman–Crippen MR) is 130 cm³/mol. The van der Waals surface area contributed by atoms with Crippen LogP contribution >= 0.6 is 11.6 Å². The number of carbonyl (C=O) groups excluding carboxylic acids is 2. The highest BCUT2D eigenvalue weighted by Gasteiger charge is 2.54. The Morgan fingerprint density at radius 3 is 2.73 bits per heavy atom. The van der Waals surface area contributed by atoms with Crippen LogP contribution in [0.1, 0.15) is 54.8 Å². The van der Waals surface area contributed by atoms with Gasteiger partial charge in [-0.15, -0.1) is 0 Å². The summed E-state index contributed by atoms with van der Waals surface area (Å²) < 4.78 is 32.7. The fraction of sp³-hybridized carbons (Fsp3) is 0.400. The van der Waals surface area contributed by atoms with Gasteiger partial charge in [0.15, 0.2) is 11.5 Å². The van der Waals surface area contributed by atoms with E-state index in [9.17, 15) is 18.4 Å². The normalized spacial score (nSPS) is 18.9. The molecule has 0 unspecified atom stereocenters. The van der Waals surface area contributed by atoms with Gasteiger partial charge >= 0.3 is 0 Å². The highest BCUT2D eigenvalue weighted by molar-refractivity contribution is 6.31. The standard InChI is InChI=1S/C25H25ClF2N6O3/c1-13(22-17(26)7-15(27)11-30-22)31-23(35)14-3-6-34(25(10-14)4-5-25)24(36)20-9-19(32-33-20)16-8-21(37-2)29-12-18(16)28/h7-9,11-14H,3-6,10H2,1-2H3,(H,31,35)(H,32,33)/t13-,14+/m1/s1. The number of ether oxygens (including phenoxy) is 1. The molecule has 37 heavy (non-hydrogen) atoms. The van der Waals surface area contributed by atoms with Gasteiger partial charge in [0.1, 0.15) is 5.82 Å². The van der Waals surface area contributed by atoms with Crippen LogP contribution in [0, 0.1) is 17.6 Å². The van der Waals surface area contributed by atoms with Crippen molar-refractivity contribution in [2.75, 3.05) is 13.7 Å². The van der Waals surface area contributed by atoms with E-state index >= 15 is 0 Å². The Labute approximate surface area is 216 Å². The molecule has 12 heteroatoms. The molecule has 1 aliphatic carbocycles. The molecule has 1 saturated heterocycles. The summed E-state index contributed by atoms with van der Waals surface area (Å²) in [7, 11) is 1.43. The molecule has 3 aromatic heterocycles. The second-order valence-electron chi connectivity index (χ2n) is 9.50. The monoisotopic (exact) mass is 530 g/mol. The first kappa shape index (κ1) is 25.1.